The van der Waals surface area contributed by atoms with Gasteiger partial charge < -0.3 is 9.88 Å². The summed E-state index contributed by atoms with van der Waals surface area (Å²) in [6, 6.07) is 6.06. The highest BCUT2D eigenvalue weighted by Gasteiger charge is 2.38. The van der Waals surface area contributed by atoms with Gasteiger partial charge >= 0.3 is 0 Å². The molecule has 1 aromatic heterocycles. The van der Waals surface area contributed by atoms with Crippen molar-refractivity contribution >= 4 is 38.5 Å². The first-order chi connectivity index (χ1) is 13.4. The van der Waals surface area contributed by atoms with Crippen molar-refractivity contribution in [3.63, 3.8) is 0 Å². The Morgan fingerprint density at radius 3 is 2.71 bits per heavy atom. The molecule has 1 aromatic carbocycles. The van der Waals surface area contributed by atoms with Crippen LogP contribution in [0.25, 0.3) is 11.0 Å². The summed E-state index contributed by atoms with van der Waals surface area (Å²) in [7, 11) is -3.02. The van der Waals surface area contributed by atoms with Gasteiger partial charge in [0.2, 0.25) is 5.91 Å². The first-order valence-corrected chi connectivity index (χ1v) is 12.8. The number of hydrogen-bond donors (Lipinski definition) is 1. The summed E-state index contributed by atoms with van der Waals surface area (Å²) < 4.78 is 24.0. The molecule has 1 atom stereocenters. The third-order valence-corrected chi connectivity index (χ3v) is 8.41. The largest absolute Gasteiger partial charge is 0.335 e. The number of carbonyl (C=O) groups is 1. The quantitative estimate of drug-likeness (QED) is 0.749. The maximum Gasteiger partial charge on any atom is 0.233 e. The molecule has 1 saturated heterocycles. The van der Waals surface area contributed by atoms with Crippen molar-refractivity contribution in [3.8, 4) is 0 Å². The number of carbonyl (C=O) groups excluding carboxylic acids is 1. The maximum absolute atomic E-state index is 13.2. The van der Waals surface area contributed by atoms with Crippen LogP contribution in [-0.4, -0.2) is 58.5 Å². The SMILES string of the molecule is Cc1ccc2nc(SCC(=O)N(C3CCCCC3)[C@@H]3CCS(=O)(=O)C3)[nH]c2c1. The molecule has 1 N–H and O–H groups in total. The second kappa shape index (κ2) is 8.06. The van der Waals surface area contributed by atoms with Gasteiger partial charge in [-0.3, -0.25) is 4.79 Å². The van der Waals surface area contributed by atoms with E-state index in [1.54, 1.807) is 0 Å². The summed E-state index contributed by atoms with van der Waals surface area (Å²) in [6.07, 6.45) is 5.97. The lowest BCUT2D eigenvalue weighted by atomic mass is 9.93. The number of aryl methyl sites for hydroxylation is 1. The van der Waals surface area contributed by atoms with E-state index in [2.05, 4.69) is 9.97 Å². The Labute approximate surface area is 170 Å². The summed E-state index contributed by atoms with van der Waals surface area (Å²) in [4.78, 5) is 22.9. The van der Waals surface area contributed by atoms with E-state index in [-0.39, 0.29) is 35.2 Å². The number of hydrogen-bond acceptors (Lipinski definition) is 5. The number of thioether (sulfide) groups is 1. The van der Waals surface area contributed by atoms with E-state index in [9.17, 15) is 13.2 Å². The zero-order valence-electron chi connectivity index (χ0n) is 16.2. The number of H-pyrrole nitrogens is 1. The van der Waals surface area contributed by atoms with E-state index in [0.29, 0.717) is 6.42 Å². The Kier molecular flexibility index (Phi) is 5.69. The van der Waals surface area contributed by atoms with Gasteiger partial charge in [0, 0.05) is 12.1 Å². The molecule has 1 saturated carbocycles. The topological polar surface area (TPSA) is 83.1 Å². The lowest BCUT2D eigenvalue weighted by Crippen LogP contribution is -2.49. The van der Waals surface area contributed by atoms with Crippen LogP contribution in [0.5, 0.6) is 0 Å². The lowest BCUT2D eigenvalue weighted by molar-refractivity contribution is -0.133. The Morgan fingerprint density at radius 1 is 1.21 bits per heavy atom. The number of aromatic amines is 1. The summed E-state index contributed by atoms with van der Waals surface area (Å²) >= 11 is 1.40. The van der Waals surface area contributed by atoms with Crippen LogP contribution in [0.2, 0.25) is 0 Å². The van der Waals surface area contributed by atoms with Crippen LogP contribution in [-0.2, 0) is 14.6 Å². The van der Waals surface area contributed by atoms with Gasteiger partial charge in [-0.15, -0.1) is 0 Å². The molecule has 152 valence electrons. The highest BCUT2D eigenvalue weighted by molar-refractivity contribution is 7.99. The molecule has 2 fully saturated rings. The first-order valence-electron chi connectivity index (χ1n) is 10.0. The van der Waals surface area contributed by atoms with Crippen molar-refractivity contribution in [1.82, 2.24) is 14.9 Å². The van der Waals surface area contributed by atoms with Crippen molar-refractivity contribution in [3.05, 3.63) is 23.8 Å². The highest BCUT2D eigenvalue weighted by atomic mass is 32.2. The second-order valence-electron chi connectivity index (χ2n) is 8.00. The van der Waals surface area contributed by atoms with Crippen LogP contribution in [0.3, 0.4) is 0 Å². The molecule has 4 rings (SSSR count). The monoisotopic (exact) mass is 421 g/mol. The van der Waals surface area contributed by atoms with Gasteiger partial charge in [-0.05, 0) is 43.9 Å². The van der Waals surface area contributed by atoms with Gasteiger partial charge in [-0.1, -0.05) is 37.1 Å². The molecule has 0 spiro atoms. The number of fused-ring (bicyclic) bond motifs is 1. The number of nitrogens with zero attached hydrogens (tertiary/aromatic N) is 2. The number of rotatable bonds is 5. The van der Waals surface area contributed by atoms with Crippen molar-refractivity contribution in [2.45, 2.75) is 62.7 Å². The molecule has 0 radical (unpaired) electrons. The fraction of sp³-hybridized carbons (Fsp3) is 0.600. The second-order valence-corrected chi connectivity index (χ2v) is 11.2. The molecule has 1 aliphatic carbocycles. The third-order valence-electron chi connectivity index (χ3n) is 5.81. The van der Waals surface area contributed by atoms with Gasteiger partial charge in [0.25, 0.3) is 0 Å². The average Bonchev–Trinajstić information content (AvgIpc) is 3.23. The van der Waals surface area contributed by atoms with E-state index in [4.69, 9.17) is 0 Å². The number of aromatic nitrogens is 2. The number of amides is 1. The molecule has 2 aliphatic rings. The number of sulfone groups is 1. The van der Waals surface area contributed by atoms with Crippen molar-refractivity contribution < 1.29 is 13.2 Å². The molecular weight excluding hydrogens is 394 g/mol. The minimum Gasteiger partial charge on any atom is -0.335 e. The number of nitrogens with one attached hydrogen (secondary N) is 1. The Bertz CT molecular complexity index is 964. The predicted molar refractivity (Wildman–Crippen MR) is 112 cm³/mol. The van der Waals surface area contributed by atoms with Crippen molar-refractivity contribution in [2.75, 3.05) is 17.3 Å². The summed E-state index contributed by atoms with van der Waals surface area (Å²) in [5, 5.41) is 0.733. The first kappa shape index (κ1) is 19.8. The summed E-state index contributed by atoms with van der Waals surface area (Å²) in [5.74, 6) is 0.635. The van der Waals surface area contributed by atoms with Crippen LogP contribution in [0, 0.1) is 6.92 Å². The standard InChI is InChI=1S/C20H27N3O3S2/c1-14-7-8-17-18(11-14)22-20(21-17)27-12-19(24)23(15-5-3-2-4-6-15)16-9-10-28(25,26)13-16/h7-8,11,15-16H,2-6,9-10,12-13H2,1H3,(H,21,22)/t16-/m1/s1. The minimum absolute atomic E-state index is 0.0376. The van der Waals surface area contributed by atoms with E-state index < -0.39 is 9.84 Å². The van der Waals surface area contributed by atoms with Gasteiger partial charge in [-0.2, -0.15) is 0 Å². The fourth-order valence-electron chi connectivity index (χ4n) is 4.43. The summed E-state index contributed by atoms with van der Waals surface area (Å²) in [5.41, 5.74) is 3.03. The van der Waals surface area contributed by atoms with Crippen LogP contribution >= 0.6 is 11.8 Å². The molecule has 0 bridgehead atoms. The molecule has 2 heterocycles. The van der Waals surface area contributed by atoms with Gasteiger partial charge in [0.1, 0.15) is 0 Å². The maximum atomic E-state index is 13.2. The van der Waals surface area contributed by atoms with Crippen LogP contribution < -0.4 is 0 Å². The molecule has 6 nitrogen and oxygen atoms in total. The normalized spacial score (nSPS) is 22.5. The Balaban J connectivity index is 1.48. The molecule has 1 amide bonds. The third kappa shape index (κ3) is 4.38. The van der Waals surface area contributed by atoms with Crippen LogP contribution in [0.4, 0.5) is 0 Å². The Hall–Kier alpha value is -1.54. The van der Waals surface area contributed by atoms with E-state index in [1.165, 1.54) is 18.2 Å². The number of imidazole rings is 1. The van der Waals surface area contributed by atoms with E-state index in [0.717, 1.165) is 47.4 Å². The predicted octanol–water partition coefficient (Wildman–Crippen LogP) is 3.31. The molecule has 1 aliphatic heterocycles. The van der Waals surface area contributed by atoms with E-state index in [1.807, 2.05) is 30.0 Å². The number of benzene rings is 1. The molecular formula is C20H27N3O3S2. The van der Waals surface area contributed by atoms with Crippen molar-refractivity contribution in [1.29, 1.82) is 0 Å². The van der Waals surface area contributed by atoms with Crippen LogP contribution in [0.15, 0.2) is 23.4 Å². The molecule has 8 heteroatoms. The minimum atomic E-state index is -3.02. The Morgan fingerprint density at radius 2 is 2.00 bits per heavy atom. The fourth-order valence-corrected chi connectivity index (χ4v) is 6.90. The average molecular weight is 422 g/mol. The van der Waals surface area contributed by atoms with E-state index >= 15 is 0 Å². The molecule has 28 heavy (non-hydrogen) atoms. The zero-order chi connectivity index (χ0) is 19.7. The summed E-state index contributed by atoms with van der Waals surface area (Å²) in [6.45, 7) is 2.04. The van der Waals surface area contributed by atoms with Crippen molar-refractivity contribution in [2.24, 2.45) is 0 Å². The van der Waals surface area contributed by atoms with Gasteiger partial charge in [-0.25, -0.2) is 13.4 Å². The zero-order valence-corrected chi connectivity index (χ0v) is 17.8. The highest BCUT2D eigenvalue weighted by Crippen LogP contribution is 2.30. The van der Waals surface area contributed by atoms with Gasteiger partial charge in [0.15, 0.2) is 15.0 Å². The van der Waals surface area contributed by atoms with Gasteiger partial charge in [0.05, 0.1) is 28.3 Å². The molecule has 2 aromatic rings. The molecule has 0 unspecified atom stereocenters. The van der Waals surface area contributed by atoms with Crippen LogP contribution in [0.1, 0.15) is 44.1 Å². The lowest BCUT2D eigenvalue weighted by Gasteiger charge is -2.38. The smallest absolute Gasteiger partial charge is 0.233 e.